The number of carbonyl (C=O) groups excluding carboxylic acids is 1. The van der Waals surface area contributed by atoms with E-state index in [1.807, 2.05) is 18.4 Å². The van der Waals surface area contributed by atoms with Crippen LogP contribution < -0.4 is 4.74 Å². The summed E-state index contributed by atoms with van der Waals surface area (Å²) in [5, 5.41) is 1.93. The van der Waals surface area contributed by atoms with Crippen LogP contribution in [-0.4, -0.2) is 22.3 Å². The van der Waals surface area contributed by atoms with Gasteiger partial charge in [0.25, 0.3) is 5.91 Å². The van der Waals surface area contributed by atoms with Crippen molar-refractivity contribution >= 4 is 17.2 Å². The van der Waals surface area contributed by atoms with Crippen LogP contribution in [0.5, 0.6) is 5.75 Å². The largest absolute Gasteiger partial charge is 0.487 e. The maximum absolute atomic E-state index is 13.3. The molecule has 1 heterocycles. The number of rotatable bonds is 7. The van der Waals surface area contributed by atoms with Gasteiger partial charge in [-0.05, 0) is 48.9 Å². The first-order valence-corrected chi connectivity index (χ1v) is 9.23. The molecule has 1 amide bonds. The summed E-state index contributed by atoms with van der Waals surface area (Å²) in [7, 11) is 0. The first kappa shape index (κ1) is 18.1. The van der Waals surface area contributed by atoms with E-state index in [1.165, 1.54) is 23.5 Å². The van der Waals surface area contributed by atoms with E-state index in [-0.39, 0.29) is 11.7 Å². The Morgan fingerprint density at radius 2 is 2.04 bits per heavy atom. The minimum Gasteiger partial charge on any atom is -0.487 e. The molecule has 0 radical (unpaired) electrons. The van der Waals surface area contributed by atoms with E-state index in [9.17, 15) is 9.18 Å². The maximum atomic E-state index is 13.3. The van der Waals surface area contributed by atoms with E-state index >= 15 is 0 Å². The van der Waals surface area contributed by atoms with Gasteiger partial charge in [0, 0.05) is 24.0 Å². The fraction of sp³-hybridized carbons (Fsp3) is 0.200. The minimum absolute atomic E-state index is 0.0946. The zero-order chi connectivity index (χ0) is 18.4. The fourth-order valence-corrected chi connectivity index (χ4v) is 3.07. The smallest absolute Gasteiger partial charge is 0.254 e. The van der Waals surface area contributed by atoms with Gasteiger partial charge in [0.15, 0.2) is 0 Å². The number of thiazole rings is 1. The molecule has 0 saturated carbocycles. The maximum Gasteiger partial charge on any atom is 0.254 e. The monoisotopic (exact) mass is 370 g/mol. The van der Waals surface area contributed by atoms with E-state index in [0.29, 0.717) is 31.0 Å². The molecule has 0 unspecified atom stereocenters. The summed E-state index contributed by atoms with van der Waals surface area (Å²) >= 11 is 1.52. The number of ether oxygens (including phenoxy) is 1. The first-order valence-electron chi connectivity index (χ1n) is 8.29. The summed E-state index contributed by atoms with van der Waals surface area (Å²) in [4.78, 5) is 18.5. The Labute approximate surface area is 155 Å². The van der Waals surface area contributed by atoms with Crippen molar-refractivity contribution in [1.29, 1.82) is 0 Å². The highest BCUT2D eigenvalue weighted by Crippen LogP contribution is 2.17. The molecule has 26 heavy (non-hydrogen) atoms. The third-order valence-electron chi connectivity index (χ3n) is 3.90. The number of benzene rings is 2. The second-order valence-corrected chi connectivity index (χ2v) is 6.46. The molecule has 134 valence electrons. The van der Waals surface area contributed by atoms with Crippen molar-refractivity contribution < 1.29 is 13.9 Å². The van der Waals surface area contributed by atoms with Crippen LogP contribution in [-0.2, 0) is 13.2 Å². The van der Waals surface area contributed by atoms with Gasteiger partial charge in [-0.2, -0.15) is 0 Å². The van der Waals surface area contributed by atoms with Crippen LogP contribution in [0.15, 0.2) is 59.4 Å². The van der Waals surface area contributed by atoms with Gasteiger partial charge in [-0.25, -0.2) is 9.37 Å². The number of halogens is 1. The van der Waals surface area contributed by atoms with E-state index < -0.39 is 0 Å². The number of hydrogen-bond acceptors (Lipinski definition) is 4. The third kappa shape index (κ3) is 4.67. The van der Waals surface area contributed by atoms with Crippen molar-refractivity contribution in [1.82, 2.24) is 9.88 Å². The first-order chi connectivity index (χ1) is 12.7. The van der Waals surface area contributed by atoms with Crippen LogP contribution in [0, 0.1) is 5.82 Å². The molecule has 0 aliphatic rings. The summed E-state index contributed by atoms with van der Waals surface area (Å²) in [6.07, 6.45) is 0. The molecular weight excluding hydrogens is 351 g/mol. The van der Waals surface area contributed by atoms with Gasteiger partial charge in [-0.3, -0.25) is 4.79 Å². The predicted octanol–water partition coefficient (Wildman–Crippen LogP) is 4.52. The molecule has 0 atom stereocenters. The Morgan fingerprint density at radius 1 is 1.23 bits per heavy atom. The van der Waals surface area contributed by atoms with Gasteiger partial charge in [0.05, 0.1) is 11.2 Å². The lowest BCUT2D eigenvalue weighted by molar-refractivity contribution is 0.0752. The van der Waals surface area contributed by atoms with Crippen LogP contribution in [0.1, 0.15) is 28.5 Å². The van der Waals surface area contributed by atoms with Gasteiger partial charge >= 0.3 is 0 Å². The lowest BCUT2D eigenvalue weighted by atomic mass is 10.1. The van der Waals surface area contributed by atoms with Crippen molar-refractivity contribution in [3.05, 3.63) is 82.1 Å². The summed E-state index contributed by atoms with van der Waals surface area (Å²) in [5.74, 6) is 0.290. The molecule has 0 N–H and O–H groups in total. The molecular formula is C20H19FN2O2S. The fourth-order valence-electron chi connectivity index (χ4n) is 2.53. The summed E-state index contributed by atoms with van der Waals surface area (Å²) in [6.45, 7) is 3.21. The quantitative estimate of drug-likeness (QED) is 0.614. The van der Waals surface area contributed by atoms with Crippen molar-refractivity contribution in [2.75, 3.05) is 6.54 Å². The van der Waals surface area contributed by atoms with Crippen LogP contribution in [0.4, 0.5) is 4.39 Å². The number of carbonyl (C=O) groups is 1. The van der Waals surface area contributed by atoms with Crippen LogP contribution in [0.3, 0.4) is 0 Å². The predicted molar refractivity (Wildman–Crippen MR) is 99.7 cm³/mol. The Kier molecular flexibility index (Phi) is 5.96. The summed E-state index contributed by atoms with van der Waals surface area (Å²) in [5.41, 5.74) is 3.98. The van der Waals surface area contributed by atoms with E-state index in [1.54, 1.807) is 40.7 Å². The molecule has 0 spiro atoms. The SMILES string of the molecule is CCN(Cc1cccc(F)c1)C(=O)c1ccc(OCc2cscn2)cc1. The Hall–Kier alpha value is -2.73. The molecule has 0 bridgehead atoms. The molecule has 4 nitrogen and oxygen atoms in total. The van der Waals surface area contributed by atoms with Crippen molar-refractivity contribution in [3.63, 3.8) is 0 Å². The zero-order valence-electron chi connectivity index (χ0n) is 14.4. The third-order valence-corrected chi connectivity index (χ3v) is 4.54. The Balaban J connectivity index is 1.63. The van der Waals surface area contributed by atoms with E-state index in [0.717, 1.165) is 11.3 Å². The highest BCUT2D eigenvalue weighted by molar-refractivity contribution is 7.07. The molecule has 1 aromatic heterocycles. The highest BCUT2D eigenvalue weighted by Gasteiger charge is 2.15. The number of nitrogens with zero attached hydrogens (tertiary/aromatic N) is 2. The second kappa shape index (κ2) is 8.58. The van der Waals surface area contributed by atoms with Gasteiger partial charge < -0.3 is 9.64 Å². The molecule has 2 aromatic carbocycles. The van der Waals surface area contributed by atoms with Gasteiger partial charge in [-0.1, -0.05) is 12.1 Å². The molecule has 6 heteroatoms. The topological polar surface area (TPSA) is 42.4 Å². The van der Waals surface area contributed by atoms with Crippen LogP contribution in [0.25, 0.3) is 0 Å². The van der Waals surface area contributed by atoms with Crippen molar-refractivity contribution in [2.45, 2.75) is 20.1 Å². The number of amides is 1. The standard InChI is InChI=1S/C20H19FN2O2S/c1-2-23(11-15-4-3-5-17(21)10-15)20(24)16-6-8-19(9-7-16)25-12-18-13-26-14-22-18/h3-10,13-14H,2,11-12H2,1H3. The lowest BCUT2D eigenvalue weighted by Gasteiger charge is -2.21. The molecule has 0 aliphatic carbocycles. The van der Waals surface area contributed by atoms with Crippen LogP contribution in [0.2, 0.25) is 0 Å². The van der Waals surface area contributed by atoms with Crippen LogP contribution >= 0.6 is 11.3 Å². The van der Waals surface area contributed by atoms with E-state index in [4.69, 9.17) is 4.74 Å². The molecule has 3 aromatic rings. The molecule has 0 saturated heterocycles. The van der Waals surface area contributed by atoms with Crippen molar-refractivity contribution in [2.24, 2.45) is 0 Å². The molecule has 0 fully saturated rings. The highest BCUT2D eigenvalue weighted by atomic mass is 32.1. The van der Waals surface area contributed by atoms with Crippen molar-refractivity contribution in [3.8, 4) is 5.75 Å². The molecule has 3 rings (SSSR count). The second-order valence-electron chi connectivity index (χ2n) is 5.74. The Bertz CT molecular complexity index is 851. The van der Waals surface area contributed by atoms with Gasteiger partial charge in [-0.15, -0.1) is 11.3 Å². The Morgan fingerprint density at radius 3 is 2.69 bits per heavy atom. The normalized spacial score (nSPS) is 10.5. The van der Waals surface area contributed by atoms with Gasteiger partial charge in [0.2, 0.25) is 0 Å². The summed E-state index contributed by atoms with van der Waals surface area (Å²) < 4.78 is 19.0. The van der Waals surface area contributed by atoms with E-state index in [2.05, 4.69) is 4.98 Å². The average Bonchev–Trinajstić information content (AvgIpc) is 3.18. The molecule has 0 aliphatic heterocycles. The zero-order valence-corrected chi connectivity index (χ0v) is 15.2. The minimum atomic E-state index is -0.299. The van der Waals surface area contributed by atoms with Gasteiger partial charge in [0.1, 0.15) is 18.2 Å². The lowest BCUT2D eigenvalue weighted by Crippen LogP contribution is -2.30. The number of aromatic nitrogens is 1. The average molecular weight is 370 g/mol. The summed E-state index contributed by atoms with van der Waals surface area (Å²) in [6, 6.07) is 13.3. The number of hydrogen-bond donors (Lipinski definition) is 0.